The zero-order valence-corrected chi connectivity index (χ0v) is 13.0. The van der Waals surface area contributed by atoms with Crippen molar-refractivity contribution in [1.29, 1.82) is 5.26 Å². The average molecular weight is 299 g/mol. The molecule has 0 atom stereocenters. The Morgan fingerprint density at radius 2 is 2.19 bits per heavy atom. The van der Waals surface area contributed by atoms with Crippen LogP contribution in [0.3, 0.4) is 0 Å². The van der Waals surface area contributed by atoms with E-state index < -0.39 is 0 Å². The second-order valence-corrected chi connectivity index (χ2v) is 6.19. The summed E-state index contributed by atoms with van der Waals surface area (Å²) in [5, 5.41) is 18.4. The molecule has 0 N–H and O–H groups in total. The van der Waals surface area contributed by atoms with E-state index in [0.717, 1.165) is 11.3 Å². The fraction of sp³-hybridized carbons (Fsp3) is 0.375. The van der Waals surface area contributed by atoms with E-state index in [1.807, 2.05) is 6.07 Å². The zero-order chi connectivity index (χ0) is 15.2. The molecule has 108 valence electrons. The number of aromatic nitrogens is 2. The Balaban J connectivity index is 1.85. The lowest BCUT2D eigenvalue weighted by atomic mass is 10.1. The number of rotatable bonds is 6. The predicted octanol–water partition coefficient (Wildman–Crippen LogP) is 3.28. The summed E-state index contributed by atoms with van der Waals surface area (Å²) in [5.74, 6) is 0.710. The van der Waals surface area contributed by atoms with E-state index in [0.29, 0.717) is 30.9 Å². The van der Waals surface area contributed by atoms with Gasteiger partial charge in [0.25, 0.3) is 0 Å². The van der Waals surface area contributed by atoms with Gasteiger partial charge in [0, 0.05) is 17.7 Å². The summed E-state index contributed by atoms with van der Waals surface area (Å²) in [7, 11) is 0. The molecule has 2 heterocycles. The maximum atomic E-state index is 12.0. The molecule has 0 amide bonds. The Bertz CT molecular complexity index is 653. The number of carbonyl (C=O) groups excluding carboxylic acids is 1. The molecule has 0 bridgehead atoms. The highest BCUT2D eigenvalue weighted by Gasteiger charge is 2.09. The molecule has 21 heavy (non-hydrogen) atoms. The Kier molecular flexibility index (Phi) is 5.18. The first-order valence-electron chi connectivity index (χ1n) is 6.90. The summed E-state index contributed by atoms with van der Waals surface area (Å²) in [6, 6.07) is 7.42. The third-order valence-electron chi connectivity index (χ3n) is 3.14. The molecule has 0 unspecified atom stereocenters. The van der Waals surface area contributed by atoms with Crippen molar-refractivity contribution < 1.29 is 4.79 Å². The van der Waals surface area contributed by atoms with Gasteiger partial charge in [-0.2, -0.15) is 10.4 Å². The van der Waals surface area contributed by atoms with Gasteiger partial charge in [-0.05, 0) is 41.5 Å². The van der Waals surface area contributed by atoms with Gasteiger partial charge in [-0.1, -0.05) is 13.8 Å². The second kappa shape index (κ2) is 7.09. The molecule has 0 saturated heterocycles. The Morgan fingerprint density at radius 1 is 1.38 bits per heavy atom. The van der Waals surface area contributed by atoms with Crippen LogP contribution in [-0.4, -0.2) is 16.0 Å². The lowest BCUT2D eigenvalue weighted by Crippen LogP contribution is -2.05. The number of hydrogen-bond acceptors (Lipinski definition) is 5. The van der Waals surface area contributed by atoms with Gasteiger partial charge in [-0.25, -0.2) is 0 Å². The average Bonchev–Trinajstić information content (AvgIpc) is 2.94. The highest BCUT2D eigenvalue weighted by Crippen LogP contribution is 2.23. The topological polar surface area (TPSA) is 66.6 Å². The SMILES string of the molecule is CC(C)c1cc(CC(=O)CCc2ccc(C#N)nn2)cs1. The standard InChI is InChI=1S/C16H17N3OS/c1-11(2)16-8-12(10-21-16)7-15(20)6-5-13-3-4-14(9-17)19-18-13/h3-4,8,10-11H,5-7H2,1-2H3. The molecule has 0 aromatic carbocycles. The molecular weight excluding hydrogens is 282 g/mol. The van der Waals surface area contributed by atoms with Gasteiger partial charge in [0.15, 0.2) is 5.69 Å². The smallest absolute Gasteiger partial charge is 0.163 e. The van der Waals surface area contributed by atoms with Gasteiger partial charge in [0.2, 0.25) is 0 Å². The molecule has 2 rings (SSSR count). The summed E-state index contributed by atoms with van der Waals surface area (Å²) in [6.45, 7) is 4.31. The van der Waals surface area contributed by atoms with Crippen LogP contribution in [-0.2, 0) is 17.6 Å². The quantitative estimate of drug-likeness (QED) is 0.821. The number of Topliss-reactive ketones (excluding diaryl/α,β-unsaturated/α-hetero) is 1. The van der Waals surface area contributed by atoms with Crippen LogP contribution in [0.5, 0.6) is 0 Å². The van der Waals surface area contributed by atoms with Gasteiger partial charge in [0.05, 0.1) is 5.69 Å². The van der Waals surface area contributed by atoms with Crippen molar-refractivity contribution in [2.45, 2.75) is 39.0 Å². The van der Waals surface area contributed by atoms with Crippen LogP contribution in [0.1, 0.15) is 48.0 Å². The van der Waals surface area contributed by atoms with Gasteiger partial charge < -0.3 is 0 Å². The van der Waals surface area contributed by atoms with Crippen LogP contribution in [0.2, 0.25) is 0 Å². The molecule has 0 fully saturated rings. The monoisotopic (exact) mass is 299 g/mol. The van der Waals surface area contributed by atoms with E-state index in [1.54, 1.807) is 23.5 Å². The number of hydrogen-bond donors (Lipinski definition) is 0. The van der Waals surface area contributed by atoms with Crippen molar-refractivity contribution in [3.05, 3.63) is 45.4 Å². The summed E-state index contributed by atoms with van der Waals surface area (Å²) in [5.41, 5.74) is 2.14. The lowest BCUT2D eigenvalue weighted by Gasteiger charge is -2.00. The van der Waals surface area contributed by atoms with Crippen molar-refractivity contribution in [3.8, 4) is 6.07 Å². The third kappa shape index (κ3) is 4.47. The largest absolute Gasteiger partial charge is 0.299 e. The third-order valence-corrected chi connectivity index (χ3v) is 4.42. The first-order valence-corrected chi connectivity index (χ1v) is 7.78. The Hall–Kier alpha value is -2.06. The molecule has 0 radical (unpaired) electrons. The summed E-state index contributed by atoms with van der Waals surface area (Å²) < 4.78 is 0. The Labute approximate surface area is 128 Å². The van der Waals surface area contributed by atoms with Crippen LogP contribution in [0.15, 0.2) is 23.6 Å². The molecule has 2 aromatic heterocycles. The highest BCUT2D eigenvalue weighted by atomic mass is 32.1. The highest BCUT2D eigenvalue weighted by molar-refractivity contribution is 7.10. The van der Waals surface area contributed by atoms with Crippen LogP contribution in [0.4, 0.5) is 0 Å². The molecular formula is C16H17N3OS. The number of ketones is 1. The van der Waals surface area contributed by atoms with Crippen LogP contribution >= 0.6 is 11.3 Å². The fourth-order valence-electron chi connectivity index (χ4n) is 1.93. The Morgan fingerprint density at radius 3 is 2.76 bits per heavy atom. The van der Waals surface area contributed by atoms with Crippen LogP contribution in [0.25, 0.3) is 0 Å². The molecule has 0 spiro atoms. The van der Waals surface area contributed by atoms with Crippen molar-refractivity contribution in [2.75, 3.05) is 0 Å². The van der Waals surface area contributed by atoms with Crippen molar-refractivity contribution in [3.63, 3.8) is 0 Å². The molecule has 0 aliphatic carbocycles. The molecule has 0 saturated carbocycles. The maximum Gasteiger partial charge on any atom is 0.163 e. The zero-order valence-electron chi connectivity index (χ0n) is 12.2. The van der Waals surface area contributed by atoms with E-state index in [1.165, 1.54) is 4.88 Å². The molecule has 0 aliphatic heterocycles. The van der Waals surface area contributed by atoms with E-state index in [4.69, 9.17) is 5.26 Å². The van der Waals surface area contributed by atoms with Crippen molar-refractivity contribution in [2.24, 2.45) is 0 Å². The van der Waals surface area contributed by atoms with E-state index in [9.17, 15) is 4.79 Å². The molecule has 5 heteroatoms. The maximum absolute atomic E-state index is 12.0. The number of carbonyl (C=O) groups is 1. The van der Waals surface area contributed by atoms with E-state index in [-0.39, 0.29) is 5.78 Å². The van der Waals surface area contributed by atoms with Crippen LogP contribution < -0.4 is 0 Å². The number of nitriles is 1. The predicted molar refractivity (Wildman–Crippen MR) is 82.2 cm³/mol. The van der Waals surface area contributed by atoms with Gasteiger partial charge in [-0.15, -0.1) is 16.4 Å². The second-order valence-electron chi connectivity index (χ2n) is 5.25. The minimum Gasteiger partial charge on any atom is -0.299 e. The van der Waals surface area contributed by atoms with Crippen LogP contribution in [0, 0.1) is 11.3 Å². The van der Waals surface area contributed by atoms with E-state index in [2.05, 4.69) is 35.5 Å². The minimum atomic E-state index is 0.203. The fourth-order valence-corrected chi connectivity index (χ4v) is 2.86. The number of aryl methyl sites for hydroxylation is 1. The molecule has 4 nitrogen and oxygen atoms in total. The lowest BCUT2D eigenvalue weighted by molar-refractivity contribution is -0.118. The normalized spacial score (nSPS) is 10.6. The van der Waals surface area contributed by atoms with Gasteiger partial charge >= 0.3 is 0 Å². The minimum absolute atomic E-state index is 0.203. The van der Waals surface area contributed by atoms with Crippen molar-refractivity contribution >= 4 is 17.1 Å². The molecule has 0 aliphatic rings. The van der Waals surface area contributed by atoms with Crippen molar-refractivity contribution in [1.82, 2.24) is 10.2 Å². The molecule has 2 aromatic rings. The van der Waals surface area contributed by atoms with Gasteiger partial charge in [0.1, 0.15) is 11.9 Å². The summed E-state index contributed by atoms with van der Waals surface area (Å²) >= 11 is 1.71. The summed E-state index contributed by atoms with van der Waals surface area (Å²) in [4.78, 5) is 13.3. The van der Waals surface area contributed by atoms with E-state index >= 15 is 0 Å². The first kappa shape index (κ1) is 15.3. The number of thiophene rings is 1. The van der Waals surface area contributed by atoms with Gasteiger partial charge in [-0.3, -0.25) is 4.79 Å². The number of nitrogens with zero attached hydrogens (tertiary/aromatic N) is 3. The summed E-state index contributed by atoms with van der Waals surface area (Å²) in [6.07, 6.45) is 1.50. The first-order chi connectivity index (χ1) is 10.1.